The molecule has 1 fully saturated rings. The number of allylic oxidation sites excluding steroid dienone is 5. The lowest BCUT2D eigenvalue weighted by Gasteiger charge is -2.41. The van der Waals surface area contributed by atoms with Gasteiger partial charge in [-0.15, -0.1) is 6.58 Å². The number of hydrogen-bond donors (Lipinski definition) is 6. The third-order valence-electron chi connectivity index (χ3n) is 10.3. The Bertz CT molecular complexity index is 2500. The van der Waals surface area contributed by atoms with Crippen molar-refractivity contribution in [1.82, 2.24) is 15.6 Å². The Kier molecular flexibility index (Phi) is 8.48. The predicted molar refractivity (Wildman–Crippen MR) is 209 cm³/mol. The number of phenolic OH excluding ortho intramolecular Hbond substituents is 3. The molecule has 2 amide bonds. The summed E-state index contributed by atoms with van der Waals surface area (Å²) in [6.45, 7) is 18.0. The topological polar surface area (TPSA) is 161 Å². The smallest absolute Gasteiger partial charge is 0.294 e. The molecule has 3 heterocycles. The molecule has 276 valence electrons. The standard InChI is InChI=1S/C44H43N3O7/c1-9-43(7,8)40-29(28-16-24(12-10-21(2)3)15-25(37(28)46-40)13-11-22(4)5)19-31-41(52)47-44(42(53)45-31)20-30-27-17-26(48)18-33(50)34(27)38(51)36-32(49)14-23(6)39(54-44)35(30)36/h9-11,14-20,46,48-50H,1,12-13H2,2-8H3,(H,45,53)(H,47,52)/b31-19-/t44-/m0/s1. The highest BCUT2D eigenvalue weighted by Crippen LogP contribution is 2.52. The number of carbonyl (C=O) groups excluding carboxylic acids is 3. The number of carbonyl (C=O) groups is 3. The number of nitrogens with one attached hydrogen (secondary N) is 3. The second-order valence-corrected chi connectivity index (χ2v) is 15.4. The Hall–Kier alpha value is -6.29. The molecule has 0 saturated carbocycles. The summed E-state index contributed by atoms with van der Waals surface area (Å²) in [5.41, 5.74) is 5.01. The number of phenols is 3. The average molecular weight is 726 g/mol. The fraction of sp³-hybridized carbons (Fsp3) is 0.250. The van der Waals surface area contributed by atoms with Crippen molar-refractivity contribution in [2.24, 2.45) is 0 Å². The summed E-state index contributed by atoms with van der Waals surface area (Å²) < 4.78 is 6.31. The van der Waals surface area contributed by atoms with Gasteiger partial charge in [0.05, 0.1) is 11.1 Å². The van der Waals surface area contributed by atoms with Crippen molar-refractivity contribution in [3.63, 3.8) is 0 Å². The Labute approximate surface area is 313 Å². The Balaban J connectivity index is 1.39. The predicted octanol–water partition coefficient (Wildman–Crippen LogP) is 7.43. The highest BCUT2D eigenvalue weighted by molar-refractivity contribution is 6.23. The van der Waals surface area contributed by atoms with Crippen LogP contribution in [0.25, 0.3) is 22.6 Å². The van der Waals surface area contributed by atoms with Gasteiger partial charge in [0.1, 0.15) is 28.7 Å². The Morgan fingerprint density at radius 2 is 1.59 bits per heavy atom. The third kappa shape index (κ3) is 5.78. The van der Waals surface area contributed by atoms with Crippen molar-refractivity contribution < 1.29 is 34.4 Å². The summed E-state index contributed by atoms with van der Waals surface area (Å²) in [6, 6.07) is 7.96. The minimum absolute atomic E-state index is 0.0152. The second-order valence-electron chi connectivity index (χ2n) is 15.4. The van der Waals surface area contributed by atoms with Crippen LogP contribution >= 0.6 is 0 Å². The number of aromatic amines is 1. The molecule has 6 N–H and O–H groups in total. The average Bonchev–Trinajstić information content (AvgIpc) is 3.47. The molecule has 1 aliphatic carbocycles. The Morgan fingerprint density at radius 3 is 2.28 bits per heavy atom. The van der Waals surface area contributed by atoms with Crippen molar-refractivity contribution >= 4 is 40.1 Å². The van der Waals surface area contributed by atoms with Gasteiger partial charge in [-0.05, 0) is 100 Å². The van der Waals surface area contributed by atoms with Crippen LogP contribution in [0.15, 0.2) is 78.1 Å². The monoisotopic (exact) mass is 725 g/mol. The molecule has 1 saturated heterocycles. The largest absolute Gasteiger partial charge is 0.508 e. The minimum Gasteiger partial charge on any atom is -0.508 e. The first-order chi connectivity index (χ1) is 25.4. The minimum atomic E-state index is -2.09. The van der Waals surface area contributed by atoms with Gasteiger partial charge < -0.3 is 35.7 Å². The molecule has 1 aromatic heterocycles. The fourth-order valence-corrected chi connectivity index (χ4v) is 7.38. The molecule has 1 spiro atoms. The van der Waals surface area contributed by atoms with E-state index in [1.165, 1.54) is 29.4 Å². The van der Waals surface area contributed by atoms with Crippen molar-refractivity contribution in [2.45, 2.75) is 72.4 Å². The van der Waals surface area contributed by atoms with Crippen LogP contribution in [0.2, 0.25) is 0 Å². The molecule has 3 aromatic carbocycles. The molecule has 10 nitrogen and oxygen atoms in total. The van der Waals surface area contributed by atoms with Crippen molar-refractivity contribution in [1.29, 1.82) is 0 Å². The van der Waals surface area contributed by atoms with E-state index >= 15 is 0 Å². The molecule has 54 heavy (non-hydrogen) atoms. The highest BCUT2D eigenvalue weighted by atomic mass is 16.5. The zero-order valence-electron chi connectivity index (χ0n) is 31.4. The summed E-state index contributed by atoms with van der Waals surface area (Å²) in [4.78, 5) is 45.8. The number of hydrogen-bond acceptors (Lipinski definition) is 7. The van der Waals surface area contributed by atoms with E-state index in [1.807, 2.05) is 19.9 Å². The number of aromatic hydroxyl groups is 3. The molecule has 0 bridgehead atoms. The number of H-pyrrole nitrogens is 1. The van der Waals surface area contributed by atoms with Crippen LogP contribution in [0, 0.1) is 6.92 Å². The number of ketones is 1. The first kappa shape index (κ1) is 36.1. The van der Waals surface area contributed by atoms with Gasteiger partial charge in [-0.1, -0.05) is 49.3 Å². The molecule has 3 aliphatic rings. The number of aryl methyl sites for hydroxylation is 1. The lowest BCUT2D eigenvalue weighted by atomic mass is 9.76. The van der Waals surface area contributed by atoms with E-state index in [-0.39, 0.29) is 50.8 Å². The molecular weight excluding hydrogens is 682 g/mol. The number of aromatic nitrogens is 1. The molecule has 7 rings (SSSR count). The normalized spacial score (nSPS) is 18.0. The quantitative estimate of drug-likeness (QED) is 0.0752. The SMILES string of the molecule is C=CC(C)(C)c1[nH]c2c(CC=C(C)C)cc(CC=C(C)C)cc2c1/C=C1\NC(=O)[C@@]2(C=C3c4cc(O)cc(O)c4C(=O)c4c(O)cc(C)c(c43)O2)NC1=O. The molecule has 2 aliphatic heterocycles. The van der Waals surface area contributed by atoms with Gasteiger partial charge in [0, 0.05) is 44.8 Å². The van der Waals surface area contributed by atoms with Crippen LogP contribution in [0.3, 0.4) is 0 Å². The number of amides is 2. The van der Waals surface area contributed by atoms with Crippen molar-refractivity contribution in [2.75, 3.05) is 0 Å². The van der Waals surface area contributed by atoms with Crippen LogP contribution in [0.5, 0.6) is 23.0 Å². The zero-order valence-corrected chi connectivity index (χ0v) is 31.4. The van der Waals surface area contributed by atoms with E-state index in [1.54, 1.807) is 13.0 Å². The van der Waals surface area contributed by atoms with Gasteiger partial charge >= 0.3 is 0 Å². The van der Waals surface area contributed by atoms with E-state index in [9.17, 15) is 29.7 Å². The maximum Gasteiger partial charge on any atom is 0.294 e. The Morgan fingerprint density at radius 1 is 0.907 bits per heavy atom. The summed E-state index contributed by atoms with van der Waals surface area (Å²) in [5, 5.41) is 38.6. The molecule has 1 atom stereocenters. The number of benzene rings is 3. The summed E-state index contributed by atoms with van der Waals surface area (Å²) in [5.74, 6) is -3.12. The van der Waals surface area contributed by atoms with Crippen LogP contribution in [0.1, 0.15) is 96.5 Å². The molecule has 10 heteroatoms. The lowest BCUT2D eigenvalue weighted by Crippen LogP contribution is -2.67. The van der Waals surface area contributed by atoms with Crippen molar-refractivity contribution in [3.05, 3.63) is 128 Å². The number of rotatable bonds is 7. The molecule has 4 aromatic rings. The van der Waals surface area contributed by atoms with E-state index in [0.717, 1.165) is 45.8 Å². The number of fused-ring (bicyclic) bond motifs is 3. The van der Waals surface area contributed by atoms with Crippen LogP contribution in [-0.2, 0) is 27.8 Å². The van der Waals surface area contributed by atoms with E-state index in [2.05, 4.69) is 74.2 Å². The van der Waals surface area contributed by atoms with E-state index < -0.39 is 34.5 Å². The summed E-state index contributed by atoms with van der Waals surface area (Å²) in [6.07, 6.45) is 10.6. The number of piperazine rings is 1. The molecular formula is C44H43N3O7. The van der Waals surface area contributed by atoms with Gasteiger partial charge in [0.25, 0.3) is 17.5 Å². The van der Waals surface area contributed by atoms with Gasteiger partial charge in [0.2, 0.25) is 5.78 Å². The maximum absolute atomic E-state index is 14.3. The van der Waals surface area contributed by atoms with Crippen LogP contribution in [0.4, 0.5) is 0 Å². The molecule has 0 radical (unpaired) electrons. The summed E-state index contributed by atoms with van der Waals surface area (Å²) in [7, 11) is 0. The van der Waals surface area contributed by atoms with Gasteiger partial charge in [-0.2, -0.15) is 0 Å². The van der Waals surface area contributed by atoms with Gasteiger partial charge in [-0.3, -0.25) is 14.4 Å². The van der Waals surface area contributed by atoms with Gasteiger partial charge in [0.15, 0.2) is 0 Å². The maximum atomic E-state index is 14.3. The fourth-order valence-electron chi connectivity index (χ4n) is 7.38. The lowest BCUT2D eigenvalue weighted by molar-refractivity contribution is -0.144. The first-order valence-corrected chi connectivity index (χ1v) is 17.8. The van der Waals surface area contributed by atoms with Gasteiger partial charge in [-0.25, -0.2) is 0 Å². The summed E-state index contributed by atoms with van der Waals surface area (Å²) >= 11 is 0. The van der Waals surface area contributed by atoms with E-state index in [0.29, 0.717) is 12.0 Å². The second kappa shape index (κ2) is 12.7. The third-order valence-corrected chi connectivity index (χ3v) is 10.3. The van der Waals surface area contributed by atoms with Crippen LogP contribution < -0.4 is 15.4 Å². The zero-order chi connectivity index (χ0) is 39.0. The van der Waals surface area contributed by atoms with Crippen LogP contribution in [-0.4, -0.2) is 43.6 Å². The highest BCUT2D eigenvalue weighted by Gasteiger charge is 2.51. The molecule has 0 unspecified atom stereocenters. The van der Waals surface area contributed by atoms with Crippen molar-refractivity contribution in [3.8, 4) is 23.0 Å². The van der Waals surface area contributed by atoms with E-state index in [4.69, 9.17) is 4.74 Å². The number of ether oxygens (including phenoxy) is 1. The first-order valence-electron chi connectivity index (χ1n) is 17.8.